The van der Waals surface area contributed by atoms with E-state index in [0.717, 1.165) is 6.42 Å². The summed E-state index contributed by atoms with van der Waals surface area (Å²) in [4.78, 5) is 11.8. The van der Waals surface area contributed by atoms with Gasteiger partial charge in [0.1, 0.15) is 11.9 Å². The standard InChI is InChI=1S/C12H15FO2/c1-3-4-11(15-2)12(14)9-5-7-10(13)8-6-9/h5-8,11H,3-4H2,1-2H3. The van der Waals surface area contributed by atoms with Crippen molar-refractivity contribution in [3.8, 4) is 0 Å². The van der Waals surface area contributed by atoms with Crippen LogP contribution in [0.1, 0.15) is 30.1 Å². The Morgan fingerprint density at radius 1 is 1.40 bits per heavy atom. The number of benzene rings is 1. The number of methoxy groups -OCH3 is 1. The minimum atomic E-state index is -0.416. The summed E-state index contributed by atoms with van der Waals surface area (Å²) >= 11 is 0. The van der Waals surface area contributed by atoms with E-state index in [1.54, 1.807) is 0 Å². The average molecular weight is 210 g/mol. The molecule has 15 heavy (non-hydrogen) atoms. The van der Waals surface area contributed by atoms with Gasteiger partial charge in [0.15, 0.2) is 5.78 Å². The lowest BCUT2D eigenvalue weighted by Gasteiger charge is -2.12. The molecule has 0 amide bonds. The Morgan fingerprint density at radius 3 is 2.47 bits per heavy atom. The van der Waals surface area contributed by atoms with Gasteiger partial charge in [-0.05, 0) is 30.7 Å². The van der Waals surface area contributed by atoms with Crippen LogP contribution in [0.5, 0.6) is 0 Å². The van der Waals surface area contributed by atoms with E-state index >= 15 is 0 Å². The summed E-state index contributed by atoms with van der Waals surface area (Å²) in [5.74, 6) is -0.421. The molecular formula is C12H15FO2. The van der Waals surface area contributed by atoms with Crippen LogP contribution in [0.2, 0.25) is 0 Å². The molecule has 0 aliphatic rings. The van der Waals surface area contributed by atoms with E-state index in [1.165, 1.54) is 31.4 Å². The third kappa shape index (κ3) is 3.13. The predicted molar refractivity (Wildman–Crippen MR) is 56.4 cm³/mol. The molecule has 0 bridgehead atoms. The summed E-state index contributed by atoms with van der Waals surface area (Å²) in [7, 11) is 1.52. The van der Waals surface area contributed by atoms with Gasteiger partial charge in [-0.15, -0.1) is 0 Å². The van der Waals surface area contributed by atoms with E-state index in [9.17, 15) is 9.18 Å². The maximum atomic E-state index is 12.6. The van der Waals surface area contributed by atoms with Crippen molar-refractivity contribution in [3.63, 3.8) is 0 Å². The number of hydrogen-bond donors (Lipinski definition) is 0. The molecule has 1 rings (SSSR count). The van der Waals surface area contributed by atoms with Crippen LogP contribution < -0.4 is 0 Å². The SMILES string of the molecule is CCCC(OC)C(=O)c1ccc(F)cc1. The second-order valence-corrected chi connectivity index (χ2v) is 3.38. The number of halogens is 1. The highest BCUT2D eigenvalue weighted by Gasteiger charge is 2.18. The van der Waals surface area contributed by atoms with Gasteiger partial charge in [-0.2, -0.15) is 0 Å². The number of ketones is 1. The van der Waals surface area contributed by atoms with Gasteiger partial charge in [-0.25, -0.2) is 4.39 Å². The summed E-state index contributed by atoms with van der Waals surface area (Å²) in [6, 6.07) is 5.54. The molecule has 1 atom stereocenters. The maximum absolute atomic E-state index is 12.6. The van der Waals surface area contributed by atoms with Crippen LogP contribution in [-0.4, -0.2) is 19.0 Å². The topological polar surface area (TPSA) is 26.3 Å². The van der Waals surface area contributed by atoms with Crippen LogP contribution in [0.25, 0.3) is 0 Å². The van der Waals surface area contributed by atoms with Crippen molar-refractivity contribution in [1.29, 1.82) is 0 Å². The summed E-state index contributed by atoms with van der Waals surface area (Å²) in [5.41, 5.74) is 0.497. The molecule has 0 radical (unpaired) electrons. The molecular weight excluding hydrogens is 195 g/mol. The van der Waals surface area contributed by atoms with Gasteiger partial charge >= 0.3 is 0 Å². The third-order valence-corrected chi connectivity index (χ3v) is 2.26. The zero-order chi connectivity index (χ0) is 11.3. The van der Waals surface area contributed by atoms with Crippen molar-refractivity contribution in [1.82, 2.24) is 0 Å². The molecule has 0 saturated carbocycles. The fourth-order valence-electron chi connectivity index (χ4n) is 1.42. The quantitative estimate of drug-likeness (QED) is 0.698. The molecule has 0 saturated heterocycles. The van der Waals surface area contributed by atoms with Crippen molar-refractivity contribution in [2.45, 2.75) is 25.9 Å². The van der Waals surface area contributed by atoms with Gasteiger partial charge in [-0.1, -0.05) is 13.3 Å². The molecule has 0 N–H and O–H groups in total. The number of rotatable bonds is 5. The monoisotopic (exact) mass is 210 g/mol. The molecule has 1 unspecified atom stereocenters. The first-order chi connectivity index (χ1) is 7.19. The van der Waals surface area contributed by atoms with Crippen LogP contribution >= 0.6 is 0 Å². The molecule has 1 aromatic rings. The van der Waals surface area contributed by atoms with Crippen LogP contribution in [-0.2, 0) is 4.74 Å². The first kappa shape index (κ1) is 11.9. The number of carbonyl (C=O) groups is 1. The number of hydrogen-bond acceptors (Lipinski definition) is 2. The summed E-state index contributed by atoms with van der Waals surface area (Å²) in [6.07, 6.45) is 1.15. The molecule has 2 nitrogen and oxygen atoms in total. The largest absolute Gasteiger partial charge is 0.373 e. The van der Waals surface area contributed by atoms with Crippen molar-refractivity contribution in [3.05, 3.63) is 35.6 Å². The summed E-state index contributed by atoms with van der Waals surface area (Å²) in [5, 5.41) is 0. The molecule has 0 spiro atoms. The zero-order valence-electron chi connectivity index (χ0n) is 9.00. The highest BCUT2D eigenvalue weighted by atomic mass is 19.1. The molecule has 0 aliphatic heterocycles. The van der Waals surface area contributed by atoms with Crippen molar-refractivity contribution in [2.75, 3.05) is 7.11 Å². The first-order valence-electron chi connectivity index (χ1n) is 5.01. The lowest BCUT2D eigenvalue weighted by atomic mass is 10.0. The number of carbonyl (C=O) groups excluding carboxylic acids is 1. The molecule has 0 fully saturated rings. The Hall–Kier alpha value is -1.22. The summed E-state index contributed by atoms with van der Waals surface area (Å²) in [6.45, 7) is 1.99. The van der Waals surface area contributed by atoms with E-state index < -0.39 is 6.10 Å². The van der Waals surface area contributed by atoms with Gasteiger partial charge < -0.3 is 4.74 Å². The molecule has 1 aromatic carbocycles. The van der Waals surface area contributed by atoms with E-state index in [2.05, 4.69) is 0 Å². The van der Waals surface area contributed by atoms with Crippen LogP contribution in [0.15, 0.2) is 24.3 Å². The zero-order valence-corrected chi connectivity index (χ0v) is 9.00. The van der Waals surface area contributed by atoms with Gasteiger partial charge in [0.2, 0.25) is 0 Å². The van der Waals surface area contributed by atoms with Gasteiger partial charge in [0.25, 0.3) is 0 Å². The first-order valence-corrected chi connectivity index (χ1v) is 5.01. The molecule has 0 aliphatic carbocycles. The summed E-state index contributed by atoms with van der Waals surface area (Å²) < 4.78 is 17.7. The highest BCUT2D eigenvalue weighted by Crippen LogP contribution is 2.11. The maximum Gasteiger partial charge on any atom is 0.191 e. The Kier molecular flexibility index (Phi) is 4.43. The van der Waals surface area contributed by atoms with Crippen LogP contribution in [0, 0.1) is 5.82 Å². The second kappa shape index (κ2) is 5.61. The normalized spacial score (nSPS) is 12.5. The number of ether oxygens (including phenoxy) is 1. The predicted octanol–water partition coefficient (Wildman–Crippen LogP) is 2.82. The fraction of sp³-hybridized carbons (Fsp3) is 0.417. The van der Waals surface area contributed by atoms with E-state index in [-0.39, 0.29) is 11.6 Å². The fourth-order valence-corrected chi connectivity index (χ4v) is 1.42. The Labute approximate surface area is 89.1 Å². The van der Waals surface area contributed by atoms with Gasteiger partial charge in [-0.3, -0.25) is 4.79 Å². The van der Waals surface area contributed by atoms with Crippen LogP contribution in [0.3, 0.4) is 0 Å². The van der Waals surface area contributed by atoms with Crippen molar-refractivity contribution < 1.29 is 13.9 Å². The van der Waals surface area contributed by atoms with Crippen molar-refractivity contribution in [2.24, 2.45) is 0 Å². The smallest absolute Gasteiger partial charge is 0.191 e. The van der Waals surface area contributed by atoms with E-state index in [1.807, 2.05) is 6.92 Å². The van der Waals surface area contributed by atoms with Crippen molar-refractivity contribution >= 4 is 5.78 Å². The second-order valence-electron chi connectivity index (χ2n) is 3.38. The Morgan fingerprint density at radius 2 is 2.00 bits per heavy atom. The molecule has 0 aromatic heterocycles. The number of Topliss-reactive ketones (excluding diaryl/α,β-unsaturated/α-hetero) is 1. The van der Waals surface area contributed by atoms with E-state index in [4.69, 9.17) is 4.74 Å². The minimum absolute atomic E-state index is 0.0839. The highest BCUT2D eigenvalue weighted by molar-refractivity contribution is 5.99. The van der Waals surface area contributed by atoms with E-state index in [0.29, 0.717) is 12.0 Å². The van der Waals surface area contributed by atoms with Crippen LogP contribution in [0.4, 0.5) is 4.39 Å². The van der Waals surface area contributed by atoms with Gasteiger partial charge in [0.05, 0.1) is 0 Å². The molecule has 3 heteroatoms. The molecule has 82 valence electrons. The lowest BCUT2D eigenvalue weighted by molar-refractivity contribution is 0.0578. The third-order valence-electron chi connectivity index (χ3n) is 2.26. The Bertz CT molecular complexity index is 319. The van der Waals surface area contributed by atoms with Gasteiger partial charge in [0, 0.05) is 12.7 Å². The molecule has 0 heterocycles. The Balaban J connectivity index is 2.78. The average Bonchev–Trinajstić information content (AvgIpc) is 2.26. The minimum Gasteiger partial charge on any atom is -0.373 e. The lowest BCUT2D eigenvalue weighted by Crippen LogP contribution is -2.22.